The van der Waals surface area contributed by atoms with Crippen molar-refractivity contribution in [2.45, 2.75) is 78.1 Å². The van der Waals surface area contributed by atoms with Gasteiger partial charge in [0.25, 0.3) is 0 Å². The Hall–Kier alpha value is -1.83. The summed E-state index contributed by atoms with van der Waals surface area (Å²) in [5.74, 6) is -0.534. The second-order valence-electron chi connectivity index (χ2n) is 8.60. The van der Waals surface area contributed by atoms with E-state index in [1.807, 2.05) is 20.8 Å². The van der Waals surface area contributed by atoms with Gasteiger partial charge in [-0.1, -0.05) is 20.3 Å². The van der Waals surface area contributed by atoms with Gasteiger partial charge in [-0.2, -0.15) is 0 Å². The lowest BCUT2D eigenvalue weighted by molar-refractivity contribution is -0.138. The van der Waals surface area contributed by atoms with Gasteiger partial charge in [-0.15, -0.1) is 0 Å². The number of nitrogens with two attached hydrogens (primary N) is 1. The van der Waals surface area contributed by atoms with E-state index in [0.29, 0.717) is 6.54 Å². The minimum absolute atomic E-state index is 0.0303. The van der Waals surface area contributed by atoms with Gasteiger partial charge in [-0.25, -0.2) is 4.79 Å². The second kappa shape index (κ2) is 9.39. The molecule has 3 unspecified atom stereocenters. The van der Waals surface area contributed by atoms with E-state index in [2.05, 4.69) is 5.32 Å². The Morgan fingerprint density at radius 1 is 1.33 bits per heavy atom. The average molecular weight is 385 g/mol. The SMILES string of the molecule is CC[C@H](C)C(NC(=O)CN(C)C(=O)OC(C)(C)C)C(=O)N1CC(N)CC1C. The largest absolute Gasteiger partial charge is 0.444 e. The molecular formula is C19H36N4O4. The molecule has 1 saturated heterocycles. The maximum absolute atomic E-state index is 13.0. The lowest BCUT2D eigenvalue weighted by Crippen LogP contribution is -2.54. The second-order valence-corrected chi connectivity index (χ2v) is 8.60. The van der Waals surface area contributed by atoms with Crippen LogP contribution >= 0.6 is 0 Å². The Labute approximate surface area is 162 Å². The van der Waals surface area contributed by atoms with Gasteiger partial charge in [0.1, 0.15) is 18.2 Å². The van der Waals surface area contributed by atoms with Crippen molar-refractivity contribution in [2.75, 3.05) is 20.1 Å². The fraction of sp³-hybridized carbons (Fsp3) is 0.842. The summed E-state index contributed by atoms with van der Waals surface area (Å²) in [6, 6.07) is -0.613. The molecule has 1 rings (SSSR count). The van der Waals surface area contributed by atoms with Gasteiger partial charge in [-0.05, 0) is 40.0 Å². The maximum Gasteiger partial charge on any atom is 0.410 e. The number of nitrogens with one attached hydrogen (secondary N) is 1. The normalized spacial score (nSPS) is 22.1. The van der Waals surface area contributed by atoms with E-state index in [1.54, 1.807) is 25.7 Å². The van der Waals surface area contributed by atoms with Crippen LogP contribution in [0, 0.1) is 5.92 Å². The van der Waals surface area contributed by atoms with Crippen LogP contribution in [-0.2, 0) is 14.3 Å². The summed E-state index contributed by atoms with van der Waals surface area (Å²) in [7, 11) is 1.50. The topological polar surface area (TPSA) is 105 Å². The zero-order chi connectivity index (χ0) is 20.9. The Morgan fingerprint density at radius 3 is 2.37 bits per heavy atom. The van der Waals surface area contributed by atoms with E-state index in [1.165, 1.54) is 11.9 Å². The van der Waals surface area contributed by atoms with E-state index in [0.717, 1.165) is 12.8 Å². The quantitative estimate of drug-likeness (QED) is 0.719. The molecule has 156 valence electrons. The van der Waals surface area contributed by atoms with E-state index in [9.17, 15) is 14.4 Å². The maximum atomic E-state index is 13.0. The molecule has 4 atom stereocenters. The molecule has 1 heterocycles. The molecule has 3 N–H and O–H groups in total. The van der Waals surface area contributed by atoms with Crippen LogP contribution in [0.15, 0.2) is 0 Å². The highest BCUT2D eigenvalue weighted by Crippen LogP contribution is 2.20. The fourth-order valence-corrected chi connectivity index (χ4v) is 3.08. The number of hydrogen-bond acceptors (Lipinski definition) is 5. The smallest absolute Gasteiger partial charge is 0.410 e. The molecule has 0 saturated carbocycles. The van der Waals surface area contributed by atoms with Crippen molar-refractivity contribution in [3.63, 3.8) is 0 Å². The zero-order valence-electron chi connectivity index (χ0n) is 17.7. The molecule has 1 fully saturated rings. The van der Waals surface area contributed by atoms with E-state index in [4.69, 9.17) is 10.5 Å². The molecule has 27 heavy (non-hydrogen) atoms. The van der Waals surface area contributed by atoms with Crippen LogP contribution in [0.2, 0.25) is 0 Å². The van der Waals surface area contributed by atoms with E-state index in [-0.39, 0.29) is 30.5 Å². The summed E-state index contributed by atoms with van der Waals surface area (Å²) in [6.07, 6.45) is 0.921. The number of amides is 3. The van der Waals surface area contributed by atoms with Crippen LogP contribution in [0.1, 0.15) is 54.4 Å². The molecular weight excluding hydrogens is 348 g/mol. The number of carbonyl (C=O) groups is 3. The molecule has 8 heteroatoms. The van der Waals surface area contributed by atoms with Crippen molar-refractivity contribution in [2.24, 2.45) is 11.7 Å². The van der Waals surface area contributed by atoms with Crippen LogP contribution in [0.3, 0.4) is 0 Å². The van der Waals surface area contributed by atoms with Crippen molar-refractivity contribution < 1.29 is 19.1 Å². The third-order valence-electron chi connectivity index (χ3n) is 4.77. The molecule has 3 amide bonds. The van der Waals surface area contributed by atoms with Gasteiger partial charge in [0.15, 0.2) is 0 Å². The molecule has 0 bridgehead atoms. The summed E-state index contributed by atoms with van der Waals surface area (Å²) < 4.78 is 5.25. The number of carbonyl (C=O) groups excluding carboxylic acids is 3. The van der Waals surface area contributed by atoms with Crippen molar-refractivity contribution in [3.8, 4) is 0 Å². The molecule has 0 aromatic heterocycles. The molecule has 1 aliphatic heterocycles. The van der Waals surface area contributed by atoms with Crippen LogP contribution in [0.25, 0.3) is 0 Å². The first-order chi connectivity index (χ1) is 12.4. The lowest BCUT2D eigenvalue weighted by atomic mass is 9.97. The predicted octanol–water partition coefficient (Wildman–Crippen LogP) is 1.33. The molecule has 0 aromatic carbocycles. The monoisotopic (exact) mass is 384 g/mol. The van der Waals surface area contributed by atoms with Crippen LogP contribution in [0.5, 0.6) is 0 Å². The van der Waals surface area contributed by atoms with E-state index >= 15 is 0 Å². The minimum Gasteiger partial charge on any atom is -0.444 e. The van der Waals surface area contributed by atoms with Crippen LogP contribution in [0.4, 0.5) is 4.79 Å². The fourth-order valence-electron chi connectivity index (χ4n) is 3.08. The predicted molar refractivity (Wildman–Crippen MR) is 104 cm³/mol. The highest BCUT2D eigenvalue weighted by atomic mass is 16.6. The highest BCUT2D eigenvalue weighted by Gasteiger charge is 2.37. The Kier molecular flexibility index (Phi) is 8.07. The molecule has 0 aromatic rings. The van der Waals surface area contributed by atoms with Crippen LogP contribution < -0.4 is 11.1 Å². The van der Waals surface area contributed by atoms with Gasteiger partial charge >= 0.3 is 6.09 Å². The number of likely N-dealkylation sites (tertiary alicyclic amines) is 1. The summed E-state index contributed by atoms with van der Waals surface area (Å²) >= 11 is 0. The Balaban J connectivity index is 2.75. The zero-order valence-corrected chi connectivity index (χ0v) is 17.7. The molecule has 1 aliphatic rings. The van der Waals surface area contributed by atoms with Crippen molar-refractivity contribution in [3.05, 3.63) is 0 Å². The van der Waals surface area contributed by atoms with Crippen molar-refractivity contribution in [1.29, 1.82) is 0 Å². The molecule has 0 radical (unpaired) electrons. The summed E-state index contributed by atoms with van der Waals surface area (Å²) in [6.45, 7) is 11.5. The first-order valence-corrected chi connectivity index (χ1v) is 9.65. The first kappa shape index (κ1) is 23.2. The summed E-state index contributed by atoms with van der Waals surface area (Å²) in [4.78, 5) is 40.4. The van der Waals surface area contributed by atoms with Gasteiger partial charge < -0.3 is 25.6 Å². The highest BCUT2D eigenvalue weighted by molar-refractivity contribution is 5.90. The third-order valence-corrected chi connectivity index (χ3v) is 4.77. The summed E-state index contributed by atoms with van der Waals surface area (Å²) in [5, 5.41) is 2.81. The van der Waals surface area contributed by atoms with E-state index < -0.39 is 23.6 Å². The minimum atomic E-state index is -0.637. The summed E-state index contributed by atoms with van der Waals surface area (Å²) in [5.41, 5.74) is 5.34. The van der Waals surface area contributed by atoms with Gasteiger partial charge in [0, 0.05) is 25.7 Å². The standard InChI is InChI=1S/C19H36N4O4/c1-8-12(2)16(17(25)23-10-14(20)9-13(23)3)21-15(24)11-22(7)18(26)27-19(4,5)6/h12-14,16H,8-11,20H2,1-7H3,(H,21,24)/t12-,13?,14?,16?/m0/s1. The van der Waals surface area contributed by atoms with Gasteiger partial charge in [0.05, 0.1) is 0 Å². The Morgan fingerprint density at radius 2 is 1.93 bits per heavy atom. The number of ether oxygens (including phenoxy) is 1. The van der Waals surface area contributed by atoms with Gasteiger partial charge in [0.2, 0.25) is 11.8 Å². The van der Waals surface area contributed by atoms with Crippen molar-refractivity contribution in [1.82, 2.24) is 15.1 Å². The third kappa shape index (κ3) is 7.01. The average Bonchev–Trinajstić information content (AvgIpc) is 2.88. The number of nitrogens with zero attached hydrogens (tertiary/aromatic N) is 2. The number of hydrogen-bond donors (Lipinski definition) is 2. The number of rotatable bonds is 6. The van der Waals surface area contributed by atoms with Crippen molar-refractivity contribution >= 4 is 17.9 Å². The molecule has 8 nitrogen and oxygen atoms in total. The molecule has 0 aliphatic carbocycles. The molecule has 0 spiro atoms. The van der Waals surface area contributed by atoms with Gasteiger partial charge in [-0.3, -0.25) is 9.59 Å². The number of likely N-dealkylation sites (N-methyl/N-ethyl adjacent to an activating group) is 1. The van der Waals surface area contributed by atoms with Crippen LogP contribution in [-0.4, -0.2) is 71.6 Å². The first-order valence-electron chi connectivity index (χ1n) is 9.65. The lowest BCUT2D eigenvalue weighted by Gasteiger charge is -2.31. The Bertz CT molecular complexity index is 546.